The van der Waals surface area contributed by atoms with E-state index in [1.807, 2.05) is 0 Å². The Balaban J connectivity index is 1.90. The van der Waals surface area contributed by atoms with Gasteiger partial charge in [0.05, 0.1) is 11.9 Å². The van der Waals surface area contributed by atoms with E-state index in [1.54, 1.807) is 26.0 Å². The molecule has 1 saturated carbocycles. The Morgan fingerprint density at radius 3 is 2.37 bits per heavy atom. The summed E-state index contributed by atoms with van der Waals surface area (Å²) in [6, 6.07) is 9.63. The zero-order chi connectivity index (χ0) is 25.8. The van der Waals surface area contributed by atoms with Gasteiger partial charge in [-0.25, -0.2) is 12.8 Å². The van der Waals surface area contributed by atoms with Crippen LogP contribution in [0.4, 0.5) is 10.1 Å². The summed E-state index contributed by atoms with van der Waals surface area (Å²) in [7, 11) is -3.85. The molecule has 3 rings (SSSR count). The summed E-state index contributed by atoms with van der Waals surface area (Å²) in [6.45, 7) is 2.84. The number of hydrogen-bond acceptors (Lipinski definition) is 4. The van der Waals surface area contributed by atoms with E-state index in [0.29, 0.717) is 16.1 Å². The second-order valence-electron chi connectivity index (χ2n) is 9.01. The number of anilines is 1. The van der Waals surface area contributed by atoms with E-state index in [0.717, 1.165) is 36.2 Å². The van der Waals surface area contributed by atoms with Gasteiger partial charge in [0.1, 0.15) is 18.4 Å². The minimum Gasteiger partial charge on any atom is -0.352 e. The lowest BCUT2D eigenvalue weighted by Crippen LogP contribution is -2.52. The summed E-state index contributed by atoms with van der Waals surface area (Å²) >= 11 is 6.10. The minimum absolute atomic E-state index is 0.0183. The smallest absolute Gasteiger partial charge is 0.244 e. The first kappa shape index (κ1) is 26.9. The molecule has 1 aliphatic carbocycles. The van der Waals surface area contributed by atoms with Crippen molar-refractivity contribution in [1.82, 2.24) is 10.2 Å². The predicted octanol–water partition coefficient (Wildman–Crippen LogP) is 4.03. The van der Waals surface area contributed by atoms with Gasteiger partial charge in [-0.1, -0.05) is 42.6 Å². The third-order valence-corrected chi connectivity index (χ3v) is 7.62. The van der Waals surface area contributed by atoms with Crippen molar-refractivity contribution >= 4 is 39.1 Å². The second-order valence-corrected chi connectivity index (χ2v) is 11.4. The van der Waals surface area contributed by atoms with Crippen LogP contribution in [0.5, 0.6) is 0 Å². The third-order valence-electron chi connectivity index (χ3n) is 6.25. The molecule has 10 heteroatoms. The molecule has 0 bridgehead atoms. The van der Waals surface area contributed by atoms with Crippen LogP contribution >= 0.6 is 11.6 Å². The summed E-state index contributed by atoms with van der Waals surface area (Å²) < 4.78 is 39.8. The highest BCUT2D eigenvalue weighted by Crippen LogP contribution is 2.27. The highest BCUT2D eigenvalue weighted by atomic mass is 35.5. The van der Waals surface area contributed by atoms with Gasteiger partial charge in [-0.3, -0.25) is 13.9 Å². The lowest BCUT2D eigenvalue weighted by Gasteiger charge is -2.32. The van der Waals surface area contributed by atoms with Gasteiger partial charge in [0, 0.05) is 17.6 Å². The fourth-order valence-electron chi connectivity index (χ4n) is 4.21. The molecule has 35 heavy (non-hydrogen) atoms. The van der Waals surface area contributed by atoms with Crippen molar-refractivity contribution < 1.29 is 22.4 Å². The number of carbonyl (C=O) groups excluding carboxylic acids is 2. The minimum atomic E-state index is -3.85. The zero-order valence-electron chi connectivity index (χ0n) is 20.1. The van der Waals surface area contributed by atoms with Crippen LogP contribution in [0.3, 0.4) is 0 Å². The number of sulfonamides is 1. The first-order valence-electron chi connectivity index (χ1n) is 11.5. The van der Waals surface area contributed by atoms with E-state index < -0.39 is 34.3 Å². The molecule has 1 atom stereocenters. The van der Waals surface area contributed by atoms with Gasteiger partial charge in [0.2, 0.25) is 21.8 Å². The SMILES string of the molecule is Cc1ccc(Cl)cc1N(CC(=O)N(Cc1ccc(F)cc1)[C@H](C)C(=O)NC1CCCC1)S(C)(=O)=O. The van der Waals surface area contributed by atoms with Gasteiger partial charge in [0.25, 0.3) is 0 Å². The maximum atomic E-state index is 13.6. The van der Waals surface area contributed by atoms with Crippen molar-refractivity contribution in [3.8, 4) is 0 Å². The number of carbonyl (C=O) groups is 2. The Labute approximate surface area is 211 Å². The Bertz CT molecular complexity index is 1170. The van der Waals surface area contributed by atoms with Gasteiger partial charge in [-0.05, 0) is 62.1 Å². The summed E-state index contributed by atoms with van der Waals surface area (Å²) in [5.41, 5.74) is 1.54. The quantitative estimate of drug-likeness (QED) is 0.537. The van der Waals surface area contributed by atoms with Gasteiger partial charge < -0.3 is 10.2 Å². The molecule has 190 valence electrons. The molecule has 2 amide bonds. The molecule has 0 spiro atoms. The van der Waals surface area contributed by atoms with Crippen molar-refractivity contribution in [3.63, 3.8) is 0 Å². The Hall–Kier alpha value is -2.65. The maximum absolute atomic E-state index is 13.6. The van der Waals surface area contributed by atoms with Crippen molar-refractivity contribution in [3.05, 3.63) is 64.4 Å². The normalized spacial score (nSPS) is 15.0. The molecule has 0 aromatic heterocycles. The Morgan fingerprint density at radius 1 is 1.14 bits per heavy atom. The number of benzene rings is 2. The topological polar surface area (TPSA) is 86.8 Å². The number of nitrogens with one attached hydrogen (secondary N) is 1. The Kier molecular flexibility index (Phi) is 8.77. The van der Waals surface area contributed by atoms with Crippen LogP contribution < -0.4 is 9.62 Å². The number of halogens is 2. The summed E-state index contributed by atoms with van der Waals surface area (Å²) in [6.07, 6.45) is 4.88. The predicted molar refractivity (Wildman–Crippen MR) is 135 cm³/mol. The van der Waals surface area contributed by atoms with Gasteiger partial charge in [-0.2, -0.15) is 0 Å². The average molecular weight is 524 g/mol. The molecule has 2 aromatic rings. The van der Waals surface area contributed by atoms with Gasteiger partial charge in [-0.15, -0.1) is 0 Å². The molecular weight excluding hydrogens is 493 g/mol. The number of nitrogens with zero attached hydrogens (tertiary/aromatic N) is 2. The van der Waals surface area contributed by atoms with Crippen LogP contribution in [0.15, 0.2) is 42.5 Å². The lowest BCUT2D eigenvalue weighted by atomic mass is 10.1. The molecular formula is C25H31ClFN3O4S. The van der Waals surface area contributed by atoms with E-state index in [1.165, 1.54) is 35.2 Å². The Morgan fingerprint density at radius 2 is 1.77 bits per heavy atom. The van der Waals surface area contributed by atoms with E-state index in [4.69, 9.17) is 11.6 Å². The highest BCUT2D eigenvalue weighted by Gasteiger charge is 2.31. The average Bonchev–Trinajstić information content (AvgIpc) is 3.30. The van der Waals surface area contributed by atoms with Crippen LogP contribution in [0.2, 0.25) is 5.02 Å². The van der Waals surface area contributed by atoms with Crippen LogP contribution in [0.1, 0.15) is 43.7 Å². The maximum Gasteiger partial charge on any atom is 0.244 e. The van der Waals surface area contributed by atoms with Crippen molar-refractivity contribution in [2.24, 2.45) is 0 Å². The summed E-state index contributed by atoms with van der Waals surface area (Å²) in [5, 5.41) is 3.33. The van der Waals surface area contributed by atoms with Crippen LogP contribution in [0, 0.1) is 12.7 Å². The number of amides is 2. The standard InChI is InChI=1S/C25H31ClFN3O4S/c1-17-8-11-20(26)14-23(17)30(35(3,33)34)16-24(31)29(15-19-9-12-21(27)13-10-19)18(2)25(32)28-22-6-4-5-7-22/h8-14,18,22H,4-7,15-16H2,1-3H3,(H,28,32)/t18-/m1/s1. The van der Waals surface area contributed by atoms with E-state index in [2.05, 4.69) is 5.32 Å². The van der Waals surface area contributed by atoms with Crippen LogP contribution in [0.25, 0.3) is 0 Å². The number of aryl methyl sites for hydroxylation is 1. The van der Waals surface area contributed by atoms with Gasteiger partial charge in [0.15, 0.2) is 0 Å². The van der Waals surface area contributed by atoms with Crippen LogP contribution in [-0.4, -0.2) is 50.0 Å². The van der Waals surface area contributed by atoms with Crippen LogP contribution in [-0.2, 0) is 26.2 Å². The van der Waals surface area contributed by atoms with E-state index in [-0.39, 0.29) is 24.2 Å². The fraction of sp³-hybridized carbons (Fsp3) is 0.440. The monoisotopic (exact) mass is 523 g/mol. The largest absolute Gasteiger partial charge is 0.352 e. The molecule has 7 nitrogen and oxygen atoms in total. The van der Waals surface area contributed by atoms with Gasteiger partial charge >= 0.3 is 0 Å². The molecule has 0 aliphatic heterocycles. The van der Waals surface area contributed by atoms with Crippen molar-refractivity contribution in [2.75, 3.05) is 17.1 Å². The van der Waals surface area contributed by atoms with E-state index in [9.17, 15) is 22.4 Å². The number of rotatable bonds is 9. The third kappa shape index (κ3) is 7.18. The lowest BCUT2D eigenvalue weighted by molar-refractivity contribution is -0.139. The second kappa shape index (κ2) is 11.4. The molecule has 0 unspecified atom stereocenters. The molecule has 1 aliphatic rings. The fourth-order valence-corrected chi connectivity index (χ4v) is 5.27. The zero-order valence-corrected chi connectivity index (χ0v) is 21.7. The summed E-state index contributed by atoms with van der Waals surface area (Å²) in [5.74, 6) is -1.29. The molecule has 1 fully saturated rings. The highest BCUT2D eigenvalue weighted by molar-refractivity contribution is 7.92. The van der Waals surface area contributed by atoms with Crippen molar-refractivity contribution in [1.29, 1.82) is 0 Å². The van der Waals surface area contributed by atoms with Crippen molar-refractivity contribution in [2.45, 2.75) is 58.2 Å². The molecule has 0 radical (unpaired) electrons. The summed E-state index contributed by atoms with van der Waals surface area (Å²) in [4.78, 5) is 27.9. The molecule has 1 N–H and O–H groups in total. The first-order chi connectivity index (χ1) is 16.5. The number of hydrogen-bond donors (Lipinski definition) is 1. The molecule has 2 aromatic carbocycles. The first-order valence-corrected chi connectivity index (χ1v) is 13.8. The van der Waals surface area contributed by atoms with E-state index >= 15 is 0 Å². The molecule has 0 saturated heterocycles. The molecule has 0 heterocycles.